The van der Waals surface area contributed by atoms with Crippen molar-refractivity contribution in [2.24, 2.45) is 0 Å². The summed E-state index contributed by atoms with van der Waals surface area (Å²) in [4.78, 5) is 0. The third-order valence-electron chi connectivity index (χ3n) is 4.38. The van der Waals surface area contributed by atoms with Crippen LogP contribution in [0.15, 0.2) is 42.0 Å². The standard InChI is InChI=1S/C20H19FO2S/c1-2-22-17-10-9-16-15-8-7-14(23-12-13-5-3-4-6-13)11-18(15)24-20(16)19(17)21/h5,7-11H,2-4,6,12H2,1H3. The van der Waals surface area contributed by atoms with Crippen molar-refractivity contribution in [2.45, 2.75) is 26.2 Å². The average Bonchev–Trinajstić information content (AvgIpc) is 3.23. The van der Waals surface area contributed by atoms with E-state index in [4.69, 9.17) is 9.47 Å². The smallest absolute Gasteiger partial charge is 0.182 e. The van der Waals surface area contributed by atoms with E-state index in [0.29, 0.717) is 23.7 Å². The van der Waals surface area contributed by atoms with Crippen molar-refractivity contribution >= 4 is 31.5 Å². The van der Waals surface area contributed by atoms with Gasteiger partial charge in [-0.15, -0.1) is 11.3 Å². The molecule has 0 atom stereocenters. The lowest BCUT2D eigenvalue weighted by atomic mass is 10.1. The van der Waals surface area contributed by atoms with Crippen LogP contribution in [-0.2, 0) is 0 Å². The molecular weight excluding hydrogens is 323 g/mol. The summed E-state index contributed by atoms with van der Waals surface area (Å²) in [7, 11) is 0. The molecule has 0 bridgehead atoms. The van der Waals surface area contributed by atoms with Crippen LogP contribution < -0.4 is 9.47 Å². The summed E-state index contributed by atoms with van der Waals surface area (Å²) in [5, 5.41) is 1.99. The molecule has 2 aromatic carbocycles. The summed E-state index contributed by atoms with van der Waals surface area (Å²) in [5.74, 6) is 0.891. The first-order valence-corrected chi connectivity index (χ1v) is 9.16. The fourth-order valence-corrected chi connectivity index (χ4v) is 4.33. The fourth-order valence-electron chi connectivity index (χ4n) is 3.17. The predicted molar refractivity (Wildman–Crippen MR) is 97.9 cm³/mol. The monoisotopic (exact) mass is 342 g/mol. The van der Waals surface area contributed by atoms with E-state index in [9.17, 15) is 4.39 Å². The highest BCUT2D eigenvalue weighted by atomic mass is 32.1. The van der Waals surface area contributed by atoms with E-state index in [1.54, 1.807) is 6.07 Å². The third kappa shape index (κ3) is 2.75. The van der Waals surface area contributed by atoms with Crippen LogP contribution in [0, 0.1) is 5.82 Å². The zero-order valence-corrected chi connectivity index (χ0v) is 14.4. The fraction of sp³-hybridized carbons (Fsp3) is 0.300. The van der Waals surface area contributed by atoms with Crippen LogP contribution in [0.4, 0.5) is 4.39 Å². The lowest BCUT2D eigenvalue weighted by molar-refractivity contribution is 0.323. The second-order valence-corrected chi connectivity index (χ2v) is 7.04. The molecule has 0 unspecified atom stereocenters. The Labute approximate surface area is 144 Å². The molecule has 0 aliphatic heterocycles. The summed E-state index contributed by atoms with van der Waals surface area (Å²) >= 11 is 1.45. The number of halogens is 1. The number of allylic oxidation sites excluding steroid dienone is 1. The van der Waals surface area contributed by atoms with E-state index >= 15 is 0 Å². The zero-order valence-electron chi connectivity index (χ0n) is 13.6. The Morgan fingerprint density at radius 1 is 1.12 bits per heavy atom. The molecule has 0 N–H and O–H groups in total. The first kappa shape index (κ1) is 15.5. The van der Waals surface area contributed by atoms with Crippen LogP contribution in [0.5, 0.6) is 11.5 Å². The van der Waals surface area contributed by atoms with Crippen LogP contribution in [0.2, 0.25) is 0 Å². The minimum atomic E-state index is -0.269. The quantitative estimate of drug-likeness (QED) is 0.523. The van der Waals surface area contributed by atoms with E-state index in [1.807, 2.05) is 31.2 Å². The molecule has 3 aromatic rings. The summed E-state index contributed by atoms with van der Waals surface area (Å²) in [6, 6.07) is 9.65. The van der Waals surface area contributed by atoms with Gasteiger partial charge in [0, 0.05) is 15.5 Å². The highest BCUT2D eigenvalue weighted by molar-refractivity contribution is 7.25. The molecule has 0 spiro atoms. The lowest BCUT2D eigenvalue weighted by Crippen LogP contribution is -1.98. The van der Waals surface area contributed by atoms with Gasteiger partial charge < -0.3 is 9.47 Å². The molecule has 1 aliphatic rings. The van der Waals surface area contributed by atoms with E-state index in [1.165, 1.54) is 23.3 Å². The molecule has 0 saturated carbocycles. The highest BCUT2D eigenvalue weighted by Crippen LogP contribution is 2.39. The van der Waals surface area contributed by atoms with Gasteiger partial charge in [-0.25, -0.2) is 4.39 Å². The Bertz CT molecular complexity index is 926. The Morgan fingerprint density at radius 3 is 2.79 bits per heavy atom. The average molecular weight is 342 g/mol. The second kappa shape index (κ2) is 6.44. The predicted octanol–water partition coefficient (Wildman–Crippen LogP) is 6.08. The number of hydrogen-bond acceptors (Lipinski definition) is 3. The van der Waals surface area contributed by atoms with Gasteiger partial charge in [0.1, 0.15) is 12.4 Å². The number of hydrogen-bond donors (Lipinski definition) is 0. The van der Waals surface area contributed by atoms with Gasteiger partial charge >= 0.3 is 0 Å². The zero-order chi connectivity index (χ0) is 16.5. The molecule has 1 aromatic heterocycles. The van der Waals surface area contributed by atoms with E-state index < -0.39 is 0 Å². The Balaban J connectivity index is 1.68. The van der Waals surface area contributed by atoms with Gasteiger partial charge in [0.05, 0.1) is 11.3 Å². The van der Waals surface area contributed by atoms with Crippen LogP contribution in [0.25, 0.3) is 20.2 Å². The number of benzene rings is 2. The molecule has 24 heavy (non-hydrogen) atoms. The molecule has 0 amide bonds. The van der Waals surface area contributed by atoms with Crippen LogP contribution in [0.3, 0.4) is 0 Å². The minimum Gasteiger partial charge on any atom is -0.491 e. The van der Waals surface area contributed by atoms with Crippen molar-refractivity contribution in [1.82, 2.24) is 0 Å². The molecule has 1 aliphatic carbocycles. The topological polar surface area (TPSA) is 18.5 Å². The third-order valence-corrected chi connectivity index (χ3v) is 5.54. The van der Waals surface area contributed by atoms with Crippen molar-refractivity contribution in [1.29, 1.82) is 0 Å². The molecule has 4 rings (SSSR count). The van der Waals surface area contributed by atoms with Gasteiger partial charge in [0.15, 0.2) is 11.6 Å². The number of rotatable bonds is 5. The van der Waals surface area contributed by atoms with E-state index in [0.717, 1.165) is 34.1 Å². The molecular formula is C20H19FO2S. The maximum atomic E-state index is 14.6. The molecule has 124 valence electrons. The number of fused-ring (bicyclic) bond motifs is 3. The normalized spacial score (nSPS) is 14.3. The van der Waals surface area contributed by atoms with Gasteiger partial charge in [0.2, 0.25) is 0 Å². The maximum Gasteiger partial charge on any atom is 0.182 e. The van der Waals surface area contributed by atoms with Crippen LogP contribution in [-0.4, -0.2) is 13.2 Å². The Kier molecular flexibility index (Phi) is 4.15. The van der Waals surface area contributed by atoms with Gasteiger partial charge in [-0.05, 0) is 62.1 Å². The van der Waals surface area contributed by atoms with Crippen molar-refractivity contribution in [2.75, 3.05) is 13.2 Å². The number of thiophene rings is 1. The van der Waals surface area contributed by atoms with Gasteiger partial charge in [0.25, 0.3) is 0 Å². The van der Waals surface area contributed by atoms with Crippen LogP contribution in [0.1, 0.15) is 26.2 Å². The summed E-state index contributed by atoms with van der Waals surface area (Å²) in [6.45, 7) is 2.97. The van der Waals surface area contributed by atoms with Crippen molar-refractivity contribution in [3.05, 3.63) is 47.8 Å². The second-order valence-electron chi connectivity index (χ2n) is 5.99. The maximum absolute atomic E-state index is 14.6. The molecule has 1 heterocycles. The molecule has 2 nitrogen and oxygen atoms in total. The van der Waals surface area contributed by atoms with Crippen LogP contribution >= 0.6 is 11.3 Å². The van der Waals surface area contributed by atoms with E-state index in [-0.39, 0.29) is 5.82 Å². The van der Waals surface area contributed by atoms with Crippen molar-refractivity contribution in [3.8, 4) is 11.5 Å². The number of ether oxygens (including phenoxy) is 2. The van der Waals surface area contributed by atoms with Gasteiger partial charge in [-0.3, -0.25) is 0 Å². The SMILES string of the molecule is CCOc1ccc2c(sc3cc(OCC4=CCCC4)ccc32)c1F. The molecule has 0 saturated heterocycles. The van der Waals surface area contributed by atoms with Crippen molar-refractivity contribution in [3.63, 3.8) is 0 Å². The summed E-state index contributed by atoms with van der Waals surface area (Å²) in [6.07, 6.45) is 5.80. The molecule has 0 radical (unpaired) electrons. The van der Waals surface area contributed by atoms with Gasteiger partial charge in [-0.1, -0.05) is 6.08 Å². The first-order valence-electron chi connectivity index (χ1n) is 8.34. The molecule has 0 fully saturated rings. The van der Waals surface area contributed by atoms with Gasteiger partial charge in [-0.2, -0.15) is 0 Å². The molecule has 4 heteroatoms. The van der Waals surface area contributed by atoms with Crippen molar-refractivity contribution < 1.29 is 13.9 Å². The minimum absolute atomic E-state index is 0.269. The Hall–Kier alpha value is -2.07. The Morgan fingerprint density at radius 2 is 2.00 bits per heavy atom. The first-order chi connectivity index (χ1) is 11.8. The van der Waals surface area contributed by atoms with E-state index in [2.05, 4.69) is 6.08 Å². The summed E-state index contributed by atoms with van der Waals surface area (Å²) < 4.78 is 27.5. The lowest BCUT2D eigenvalue weighted by Gasteiger charge is -2.06. The largest absolute Gasteiger partial charge is 0.491 e. The highest BCUT2D eigenvalue weighted by Gasteiger charge is 2.14. The summed E-state index contributed by atoms with van der Waals surface area (Å²) in [5.41, 5.74) is 1.37.